The summed E-state index contributed by atoms with van der Waals surface area (Å²) in [6.45, 7) is 9.13. The second-order valence-electron chi connectivity index (χ2n) is 11.0. The Balaban J connectivity index is 1.35. The Morgan fingerprint density at radius 3 is 2.68 bits per heavy atom. The summed E-state index contributed by atoms with van der Waals surface area (Å²) in [7, 11) is -2.94. The fraction of sp³-hybridized carbons (Fsp3) is 0.593. The van der Waals surface area contributed by atoms with E-state index < -0.39 is 9.84 Å². The largest absolute Gasteiger partial charge is 0.355 e. The molecule has 1 aromatic carbocycles. The molecular weight excluding hydrogens is 543 g/mol. The molecule has 3 aromatic rings. The van der Waals surface area contributed by atoms with Crippen LogP contribution in [0.2, 0.25) is 10.0 Å². The van der Waals surface area contributed by atoms with Crippen molar-refractivity contribution < 1.29 is 8.42 Å². The van der Waals surface area contributed by atoms with Crippen molar-refractivity contribution in [3.05, 3.63) is 45.7 Å². The Morgan fingerprint density at radius 1 is 1.18 bits per heavy atom. The van der Waals surface area contributed by atoms with E-state index in [1.807, 2.05) is 29.9 Å². The molecule has 2 fully saturated rings. The van der Waals surface area contributed by atoms with Crippen molar-refractivity contribution in [2.75, 3.05) is 36.5 Å². The number of hydrogen-bond donors (Lipinski definition) is 0. The number of piperidine rings is 1. The highest BCUT2D eigenvalue weighted by Gasteiger charge is 2.37. The lowest BCUT2D eigenvalue weighted by Gasteiger charge is -2.43. The molecule has 0 amide bonds. The number of nitrogens with zero attached hydrogens (tertiary/aromatic N) is 6. The molecule has 2 aliphatic heterocycles. The monoisotopic (exact) mass is 578 g/mol. The van der Waals surface area contributed by atoms with E-state index in [2.05, 4.69) is 23.6 Å². The SMILES string of the molecule is Cc1nn([C@H](C)c2ccc(Cl)cc2Cl)c2nc(N3CC[C@H](N4CCC[C@H]4CCS(C)(=O)=O)[C@H](C)C3)cnc12. The summed E-state index contributed by atoms with van der Waals surface area (Å²) in [6, 6.07) is 6.20. The maximum Gasteiger partial charge on any atom is 0.179 e. The lowest BCUT2D eigenvalue weighted by molar-refractivity contribution is 0.113. The average molecular weight is 580 g/mol. The molecule has 0 radical (unpaired) electrons. The molecule has 0 bridgehead atoms. The Morgan fingerprint density at radius 2 is 1.97 bits per heavy atom. The van der Waals surface area contributed by atoms with E-state index in [4.69, 9.17) is 38.3 Å². The fourth-order valence-electron chi connectivity index (χ4n) is 6.22. The van der Waals surface area contributed by atoms with Gasteiger partial charge in [0.1, 0.15) is 21.2 Å². The van der Waals surface area contributed by atoms with Crippen molar-refractivity contribution in [1.29, 1.82) is 0 Å². The molecule has 0 saturated carbocycles. The highest BCUT2D eigenvalue weighted by molar-refractivity contribution is 7.90. The molecule has 4 atom stereocenters. The number of rotatable bonds is 7. The highest BCUT2D eigenvalue weighted by atomic mass is 35.5. The Kier molecular flexibility index (Phi) is 7.93. The molecule has 4 heterocycles. The molecule has 0 spiro atoms. The topological polar surface area (TPSA) is 84.2 Å². The van der Waals surface area contributed by atoms with Crippen LogP contribution in [-0.2, 0) is 9.84 Å². The van der Waals surface area contributed by atoms with Gasteiger partial charge in [-0.3, -0.25) is 4.90 Å². The lowest BCUT2D eigenvalue weighted by Crippen LogP contribution is -2.52. The highest BCUT2D eigenvalue weighted by Crippen LogP contribution is 2.34. The third kappa shape index (κ3) is 5.67. The molecule has 0 N–H and O–H groups in total. The van der Waals surface area contributed by atoms with Crippen LogP contribution in [0, 0.1) is 12.8 Å². The maximum atomic E-state index is 11.8. The Hall–Kier alpha value is -1.94. The first-order valence-electron chi connectivity index (χ1n) is 13.4. The van der Waals surface area contributed by atoms with Crippen LogP contribution in [0.3, 0.4) is 0 Å². The number of aryl methyl sites for hydroxylation is 1. The quantitative estimate of drug-likeness (QED) is 0.382. The van der Waals surface area contributed by atoms with Gasteiger partial charge in [0.15, 0.2) is 5.65 Å². The second-order valence-corrected chi connectivity index (χ2v) is 14.1. The summed E-state index contributed by atoms with van der Waals surface area (Å²) >= 11 is 12.6. The lowest BCUT2D eigenvalue weighted by atomic mass is 9.91. The van der Waals surface area contributed by atoms with Crippen LogP contribution >= 0.6 is 23.2 Å². The molecule has 2 aromatic heterocycles. The molecule has 206 valence electrons. The van der Waals surface area contributed by atoms with Crippen LogP contribution in [0.15, 0.2) is 24.4 Å². The first-order valence-corrected chi connectivity index (χ1v) is 16.2. The molecule has 0 aliphatic carbocycles. The standard InChI is InChI=1S/C27H36Cl2N6O2S/c1-17-16-33(12-9-24(17)34-11-5-6-21(34)10-13-38(4,36)37)25-15-30-26-18(2)32-35(27(26)31-25)19(3)22-8-7-20(28)14-23(22)29/h7-8,14-15,17,19,21,24H,5-6,9-13,16H2,1-4H3/t17-,19-,21+,24+/m1/s1. The number of likely N-dealkylation sites (tertiary alicyclic amines) is 1. The van der Waals surface area contributed by atoms with Crippen molar-refractivity contribution in [2.24, 2.45) is 5.92 Å². The summed E-state index contributed by atoms with van der Waals surface area (Å²) in [4.78, 5) is 14.7. The maximum absolute atomic E-state index is 11.8. The number of hydrogen-bond acceptors (Lipinski definition) is 7. The first-order chi connectivity index (χ1) is 18.0. The molecular formula is C27H36Cl2N6O2S. The van der Waals surface area contributed by atoms with Crippen LogP contribution < -0.4 is 4.90 Å². The molecule has 38 heavy (non-hydrogen) atoms. The van der Waals surface area contributed by atoms with Crippen molar-refractivity contribution in [3.8, 4) is 0 Å². The van der Waals surface area contributed by atoms with Crippen LogP contribution in [0.5, 0.6) is 0 Å². The first kappa shape index (κ1) is 27.6. The zero-order chi connectivity index (χ0) is 27.2. The molecule has 2 aliphatic rings. The molecule has 2 saturated heterocycles. The van der Waals surface area contributed by atoms with Crippen LogP contribution in [-0.4, -0.2) is 76.8 Å². The van der Waals surface area contributed by atoms with Gasteiger partial charge in [-0.1, -0.05) is 36.2 Å². The van der Waals surface area contributed by atoms with E-state index in [-0.39, 0.29) is 11.8 Å². The number of sulfone groups is 1. The van der Waals surface area contributed by atoms with E-state index in [0.29, 0.717) is 28.0 Å². The Labute approximate surface area is 235 Å². The van der Waals surface area contributed by atoms with Crippen LogP contribution in [0.4, 0.5) is 5.82 Å². The van der Waals surface area contributed by atoms with Gasteiger partial charge in [-0.05, 0) is 69.7 Å². The third-order valence-corrected chi connectivity index (χ3v) is 9.73. The van der Waals surface area contributed by atoms with Gasteiger partial charge in [0.25, 0.3) is 0 Å². The smallest absolute Gasteiger partial charge is 0.179 e. The van der Waals surface area contributed by atoms with E-state index in [0.717, 1.165) is 73.6 Å². The van der Waals surface area contributed by atoms with Crippen LogP contribution in [0.25, 0.3) is 11.2 Å². The van der Waals surface area contributed by atoms with Crippen molar-refractivity contribution >= 4 is 50.0 Å². The van der Waals surface area contributed by atoms with Gasteiger partial charge < -0.3 is 4.90 Å². The number of anilines is 1. The minimum absolute atomic E-state index is 0.135. The zero-order valence-electron chi connectivity index (χ0n) is 22.4. The van der Waals surface area contributed by atoms with Crippen molar-refractivity contribution in [2.45, 2.75) is 64.6 Å². The number of halogens is 2. The van der Waals surface area contributed by atoms with E-state index >= 15 is 0 Å². The summed E-state index contributed by atoms with van der Waals surface area (Å²) in [6.07, 6.45) is 7.17. The van der Waals surface area contributed by atoms with Gasteiger partial charge in [0.05, 0.1) is 23.7 Å². The van der Waals surface area contributed by atoms with Gasteiger partial charge in [-0.15, -0.1) is 0 Å². The average Bonchev–Trinajstić information content (AvgIpc) is 3.46. The predicted octanol–water partition coefficient (Wildman–Crippen LogP) is 5.16. The Bertz CT molecular complexity index is 1430. The molecule has 5 rings (SSSR count). The van der Waals surface area contributed by atoms with Gasteiger partial charge in [0, 0.05) is 41.5 Å². The van der Waals surface area contributed by atoms with E-state index in [9.17, 15) is 8.42 Å². The fourth-order valence-corrected chi connectivity index (χ4v) is 7.49. The summed E-state index contributed by atoms with van der Waals surface area (Å²) in [5, 5.41) is 5.97. The number of fused-ring (bicyclic) bond motifs is 1. The predicted molar refractivity (Wildman–Crippen MR) is 154 cm³/mol. The summed E-state index contributed by atoms with van der Waals surface area (Å²) < 4.78 is 25.4. The minimum atomic E-state index is -2.94. The molecule has 8 nitrogen and oxygen atoms in total. The normalized spacial score (nSPS) is 23.8. The second kappa shape index (κ2) is 10.9. The van der Waals surface area contributed by atoms with E-state index in [1.54, 1.807) is 6.07 Å². The summed E-state index contributed by atoms with van der Waals surface area (Å²) in [5.74, 6) is 1.55. The third-order valence-electron chi connectivity index (χ3n) is 8.19. The van der Waals surface area contributed by atoms with Gasteiger partial charge in [-0.2, -0.15) is 5.10 Å². The molecule has 11 heteroatoms. The number of aromatic nitrogens is 4. The van der Waals surface area contributed by atoms with Gasteiger partial charge >= 0.3 is 0 Å². The molecule has 0 unspecified atom stereocenters. The van der Waals surface area contributed by atoms with Crippen molar-refractivity contribution in [3.63, 3.8) is 0 Å². The van der Waals surface area contributed by atoms with Crippen LogP contribution in [0.1, 0.15) is 56.8 Å². The van der Waals surface area contributed by atoms with Gasteiger partial charge in [-0.25, -0.2) is 23.1 Å². The van der Waals surface area contributed by atoms with E-state index in [1.165, 1.54) is 6.26 Å². The zero-order valence-corrected chi connectivity index (χ0v) is 24.8. The summed E-state index contributed by atoms with van der Waals surface area (Å²) in [5.41, 5.74) is 3.29. The minimum Gasteiger partial charge on any atom is -0.355 e. The number of benzene rings is 1. The van der Waals surface area contributed by atoms with Crippen molar-refractivity contribution in [1.82, 2.24) is 24.6 Å². The van der Waals surface area contributed by atoms with Gasteiger partial charge in [0.2, 0.25) is 0 Å².